The monoisotopic (exact) mass is 314 g/mol. The molecule has 4 heteroatoms. The van der Waals surface area contributed by atoms with E-state index in [1.165, 1.54) is 18.4 Å². The molecule has 124 valence electrons. The molecule has 3 rings (SSSR count). The standard InChI is InChI=1S/C19H26N2O2/c22-18(13-20-19(23)15-10-11-15)21-17-9-5-4-8-16(17)12-14-6-2-1-3-7-14/h1-3,6-7,15-17H,4-5,8-13H2,(H,20,23)(H,21,22). The average molecular weight is 314 g/mol. The second-order valence-corrected chi connectivity index (χ2v) is 6.90. The summed E-state index contributed by atoms with van der Waals surface area (Å²) in [6.45, 7) is 0.115. The van der Waals surface area contributed by atoms with E-state index < -0.39 is 0 Å². The molecule has 0 bridgehead atoms. The molecule has 2 aliphatic carbocycles. The summed E-state index contributed by atoms with van der Waals surface area (Å²) in [5.41, 5.74) is 1.33. The van der Waals surface area contributed by atoms with Crippen molar-refractivity contribution in [3.63, 3.8) is 0 Å². The van der Waals surface area contributed by atoms with Gasteiger partial charge in [0, 0.05) is 12.0 Å². The molecular weight excluding hydrogens is 288 g/mol. The lowest BCUT2D eigenvalue weighted by Gasteiger charge is -2.32. The Morgan fingerprint density at radius 3 is 2.48 bits per heavy atom. The van der Waals surface area contributed by atoms with Gasteiger partial charge in [0.2, 0.25) is 11.8 Å². The molecule has 2 N–H and O–H groups in total. The zero-order valence-corrected chi connectivity index (χ0v) is 13.6. The second-order valence-electron chi connectivity index (χ2n) is 6.90. The van der Waals surface area contributed by atoms with Crippen LogP contribution in [0.2, 0.25) is 0 Å². The van der Waals surface area contributed by atoms with Crippen molar-refractivity contribution in [2.24, 2.45) is 11.8 Å². The molecule has 0 radical (unpaired) electrons. The predicted molar refractivity (Wildman–Crippen MR) is 89.8 cm³/mol. The molecule has 0 heterocycles. The van der Waals surface area contributed by atoms with Crippen LogP contribution in [0.5, 0.6) is 0 Å². The SMILES string of the molecule is O=C(CNC(=O)C1CC1)NC1CCCCC1Cc1ccccc1. The number of nitrogens with one attached hydrogen (secondary N) is 2. The third-order valence-corrected chi connectivity index (χ3v) is 4.97. The van der Waals surface area contributed by atoms with Gasteiger partial charge in [0.25, 0.3) is 0 Å². The van der Waals surface area contributed by atoms with Gasteiger partial charge in [0.05, 0.1) is 6.54 Å². The van der Waals surface area contributed by atoms with E-state index in [1.807, 2.05) is 6.07 Å². The summed E-state index contributed by atoms with van der Waals surface area (Å²) in [6, 6.07) is 10.7. The van der Waals surface area contributed by atoms with Gasteiger partial charge < -0.3 is 10.6 Å². The Morgan fingerprint density at radius 2 is 1.74 bits per heavy atom. The van der Waals surface area contributed by atoms with Gasteiger partial charge in [-0.3, -0.25) is 9.59 Å². The van der Waals surface area contributed by atoms with Crippen molar-refractivity contribution in [1.29, 1.82) is 0 Å². The first kappa shape index (κ1) is 16.0. The van der Waals surface area contributed by atoms with Crippen molar-refractivity contribution in [3.05, 3.63) is 35.9 Å². The molecule has 2 amide bonds. The average Bonchev–Trinajstić information content (AvgIpc) is 3.40. The third-order valence-electron chi connectivity index (χ3n) is 4.97. The molecule has 2 fully saturated rings. The highest BCUT2D eigenvalue weighted by Crippen LogP contribution is 2.29. The van der Waals surface area contributed by atoms with Crippen LogP contribution in [-0.2, 0) is 16.0 Å². The highest BCUT2D eigenvalue weighted by atomic mass is 16.2. The summed E-state index contributed by atoms with van der Waals surface area (Å²) in [4.78, 5) is 23.7. The van der Waals surface area contributed by atoms with Crippen molar-refractivity contribution in [3.8, 4) is 0 Å². The second kappa shape index (κ2) is 7.62. The molecule has 2 aliphatic rings. The maximum absolute atomic E-state index is 12.1. The summed E-state index contributed by atoms with van der Waals surface area (Å²) >= 11 is 0. The number of carbonyl (C=O) groups excluding carboxylic acids is 2. The van der Waals surface area contributed by atoms with Crippen LogP contribution in [0.4, 0.5) is 0 Å². The van der Waals surface area contributed by atoms with Crippen molar-refractivity contribution in [2.45, 2.75) is 51.0 Å². The van der Waals surface area contributed by atoms with E-state index in [2.05, 4.69) is 34.9 Å². The largest absolute Gasteiger partial charge is 0.352 e. The van der Waals surface area contributed by atoms with E-state index in [-0.39, 0.29) is 30.3 Å². The van der Waals surface area contributed by atoms with Crippen LogP contribution in [-0.4, -0.2) is 24.4 Å². The first-order valence-electron chi connectivity index (χ1n) is 8.83. The molecule has 0 aromatic heterocycles. The minimum absolute atomic E-state index is 0.0321. The Morgan fingerprint density at radius 1 is 1.00 bits per heavy atom. The third kappa shape index (κ3) is 4.81. The van der Waals surface area contributed by atoms with Crippen LogP contribution in [0.3, 0.4) is 0 Å². The van der Waals surface area contributed by atoms with Crippen LogP contribution in [0.1, 0.15) is 44.1 Å². The fourth-order valence-corrected chi connectivity index (χ4v) is 3.47. The summed E-state index contributed by atoms with van der Waals surface area (Å²) < 4.78 is 0. The summed E-state index contributed by atoms with van der Waals surface area (Å²) in [7, 11) is 0. The van der Waals surface area contributed by atoms with Crippen LogP contribution in [0, 0.1) is 11.8 Å². The molecule has 1 aromatic rings. The van der Waals surface area contributed by atoms with Crippen LogP contribution in [0.25, 0.3) is 0 Å². The highest BCUT2D eigenvalue weighted by molar-refractivity contribution is 5.86. The number of rotatable bonds is 6. The molecule has 2 saturated carbocycles. The normalized spacial score (nSPS) is 24.0. The molecule has 0 saturated heterocycles. The maximum atomic E-state index is 12.1. The number of hydrogen-bond acceptors (Lipinski definition) is 2. The molecular formula is C19H26N2O2. The van der Waals surface area contributed by atoms with Gasteiger partial charge in [-0.1, -0.05) is 43.2 Å². The number of amides is 2. The van der Waals surface area contributed by atoms with Crippen molar-refractivity contribution in [2.75, 3.05) is 6.54 Å². The first-order chi connectivity index (χ1) is 11.2. The number of benzene rings is 1. The zero-order chi connectivity index (χ0) is 16.1. The van der Waals surface area contributed by atoms with Crippen molar-refractivity contribution < 1.29 is 9.59 Å². The zero-order valence-electron chi connectivity index (χ0n) is 13.6. The Balaban J connectivity index is 1.49. The quantitative estimate of drug-likeness (QED) is 0.847. The van der Waals surface area contributed by atoms with Crippen LogP contribution >= 0.6 is 0 Å². The highest BCUT2D eigenvalue weighted by Gasteiger charge is 2.30. The predicted octanol–water partition coefficient (Wildman–Crippen LogP) is 2.43. The summed E-state index contributed by atoms with van der Waals surface area (Å²) in [6.07, 6.45) is 7.56. The minimum Gasteiger partial charge on any atom is -0.352 e. The van der Waals surface area contributed by atoms with Crippen molar-refractivity contribution in [1.82, 2.24) is 10.6 Å². The number of carbonyl (C=O) groups is 2. The van der Waals surface area contributed by atoms with Gasteiger partial charge in [0.1, 0.15) is 0 Å². The van der Waals surface area contributed by atoms with E-state index in [0.717, 1.165) is 32.1 Å². The first-order valence-corrected chi connectivity index (χ1v) is 8.83. The summed E-state index contributed by atoms with van der Waals surface area (Å²) in [5, 5.41) is 5.90. The van der Waals surface area contributed by atoms with E-state index >= 15 is 0 Å². The fraction of sp³-hybridized carbons (Fsp3) is 0.579. The maximum Gasteiger partial charge on any atom is 0.239 e. The molecule has 4 nitrogen and oxygen atoms in total. The van der Waals surface area contributed by atoms with E-state index in [9.17, 15) is 9.59 Å². The minimum atomic E-state index is -0.0519. The molecule has 1 aromatic carbocycles. The smallest absolute Gasteiger partial charge is 0.239 e. The fourth-order valence-electron chi connectivity index (χ4n) is 3.47. The Kier molecular flexibility index (Phi) is 5.31. The topological polar surface area (TPSA) is 58.2 Å². The Bertz CT molecular complexity index is 540. The number of hydrogen-bond donors (Lipinski definition) is 2. The lowest BCUT2D eigenvalue weighted by Crippen LogP contribution is -2.47. The molecule has 23 heavy (non-hydrogen) atoms. The van der Waals surface area contributed by atoms with Gasteiger partial charge in [0.15, 0.2) is 0 Å². The van der Waals surface area contributed by atoms with E-state index in [1.54, 1.807) is 0 Å². The lowest BCUT2D eigenvalue weighted by atomic mass is 9.80. The van der Waals surface area contributed by atoms with Gasteiger partial charge in [-0.05, 0) is 43.6 Å². The Labute approximate surface area is 138 Å². The molecule has 0 aliphatic heterocycles. The summed E-state index contributed by atoms with van der Waals surface area (Å²) in [5.74, 6) is 0.631. The van der Waals surface area contributed by atoms with E-state index in [0.29, 0.717) is 5.92 Å². The van der Waals surface area contributed by atoms with E-state index in [4.69, 9.17) is 0 Å². The van der Waals surface area contributed by atoms with Crippen LogP contribution in [0.15, 0.2) is 30.3 Å². The van der Waals surface area contributed by atoms with Gasteiger partial charge in [-0.15, -0.1) is 0 Å². The van der Waals surface area contributed by atoms with Gasteiger partial charge >= 0.3 is 0 Å². The molecule has 2 atom stereocenters. The Hall–Kier alpha value is -1.84. The van der Waals surface area contributed by atoms with Crippen molar-refractivity contribution >= 4 is 11.8 Å². The van der Waals surface area contributed by atoms with Crippen LogP contribution < -0.4 is 10.6 Å². The lowest BCUT2D eigenvalue weighted by molar-refractivity contribution is -0.127. The van der Waals surface area contributed by atoms with Gasteiger partial charge in [-0.2, -0.15) is 0 Å². The molecule has 0 spiro atoms. The van der Waals surface area contributed by atoms with Gasteiger partial charge in [-0.25, -0.2) is 0 Å². The molecule has 2 unspecified atom stereocenters.